The van der Waals surface area contributed by atoms with Gasteiger partial charge in [0.1, 0.15) is 5.82 Å². The molecule has 1 amide bonds. The van der Waals surface area contributed by atoms with Crippen LogP contribution in [0.1, 0.15) is 27.0 Å². The Kier molecular flexibility index (Phi) is 6.10. The summed E-state index contributed by atoms with van der Waals surface area (Å²) in [6.45, 7) is 1.59. The Morgan fingerprint density at radius 2 is 1.72 bits per heavy atom. The molecule has 6 nitrogen and oxygen atoms in total. The van der Waals surface area contributed by atoms with Gasteiger partial charge in [0.15, 0.2) is 0 Å². The smallest absolute Gasteiger partial charge is 0.255 e. The molecule has 0 spiro atoms. The zero-order chi connectivity index (χ0) is 22.9. The lowest BCUT2D eigenvalue weighted by atomic mass is 9.87. The van der Waals surface area contributed by atoms with Gasteiger partial charge in [-0.1, -0.05) is 30.3 Å². The third-order valence-electron chi connectivity index (χ3n) is 5.58. The van der Waals surface area contributed by atoms with E-state index in [1.807, 2.05) is 24.3 Å². The molecule has 0 fully saturated rings. The summed E-state index contributed by atoms with van der Waals surface area (Å²) in [5.74, 6) is -0.894. The fourth-order valence-electron chi connectivity index (χ4n) is 3.81. The minimum atomic E-state index is -3.98. The third-order valence-corrected chi connectivity index (χ3v) is 7.07. The highest BCUT2D eigenvalue weighted by Crippen LogP contribution is 2.23. The van der Waals surface area contributed by atoms with Gasteiger partial charge >= 0.3 is 0 Å². The van der Waals surface area contributed by atoms with E-state index in [0.29, 0.717) is 24.1 Å². The molecule has 3 aromatic carbocycles. The van der Waals surface area contributed by atoms with Crippen LogP contribution in [0.15, 0.2) is 71.6 Å². The van der Waals surface area contributed by atoms with Crippen molar-refractivity contribution in [1.29, 1.82) is 0 Å². The number of nitrogens with one attached hydrogen (secondary N) is 2. The maximum Gasteiger partial charge on any atom is 0.255 e. The summed E-state index contributed by atoms with van der Waals surface area (Å²) in [7, 11) is -3.98. The number of rotatable bonds is 5. The number of hydrogen-bond acceptors (Lipinski definition) is 4. The summed E-state index contributed by atoms with van der Waals surface area (Å²) in [5, 5.41) is 13.1. The maximum atomic E-state index is 13.4. The van der Waals surface area contributed by atoms with Crippen LogP contribution >= 0.6 is 0 Å². The molecule has 0 saturated carbocycles. The van der Waals surface area contributed by atoms with E-state index in [1.165, 1.54) is 42.5 Å². The molecule has 3 N–H and O–H groups in total. The average molecular weight is 455 g/mol. The first-order valence-corrected chi connectivity index (χ1v) is 11.7. The molecular formula is C24H23FN2O4S. The average Bonchev–Trinajstić information content (AvgIpc) is 2.77. The number of carbonyl (C=O) groups excluding carboxylic acids is 1. The van der Waals surface area contributed by atoms with Gasteiger partial charge in [0.05, 0.1) is 17.0 Å². The Morgan fingerprint density at radius 3 is 2.44 bits per heavy atom. The van der Waals surface area contributed by atoms with Crippen LogP contribution in [0.3, 0.4) is 0 Å². The van der Waals surface area contributed by atoms with Crippen molar-refractivity contribution in [2.75, 3.05) is 5.32 Å². The third kappa shape index (κ3) is 4.72. The zero-order valence-electron chi connectivity index (χ0n) is 17.4. The van der Waals surface area contributed by atoms with Crippen LogP contribution in [-0.4, -0.2) is 31.6 Å². The van der Waals surface area contributed by atoms with Crippen molar-refractivity contribution in [3.63, 3.8) is 0 Å². The highest BCUT2D eigenvalue weighted by atomic mass is 32.2. The van der Waals surface area contributed by atoms with Gasteiger partial charge in [0, 0.05) is 17.7 Å². The number of hydrogen-bond donors (Lipinski definition) is 3. The Labute approximate surface area is 186 Å². The van der Waals surface area contributed by atoms with E-state index in [-0.39, 0.29) is 16.3 Å². The molecule has 0 heterocycles. The van der Waals surface area contributed by atoms with E-state index < -0.39 is 28.1 Å². The van der Waals surface area contributed by atoms with E-state index in [4.69, 9.17) is 0 Å². The summed E-state index contributed by atoms with van der Waals surface area (Å²) in [6.07, 6.45) is -0.114. The lowest BCUT2D eigenvalue weighted by molar-refractivity contribution is 0.102. The van der Waals surface area contributed by atoms with E-state index >= 15 is 0 Å². The van der Waals surface area contributed by atoms with E-state index in [1.54, 1.807) is 6.92 Å². The standard InChI is InChI=1S/C24H23FN2O4S/c1-15-11-19(9-10-21(15)25)26-24(29)18-7-4-8-20(12-18)32(30,31)27-22-13-16-5-2-3-6-17(16)14-23(22)28/h2-12,22-23,27-28H,13-14H2,1H3,(H,26,29)/t22-,23+/m0/s1. The van der Waals surface area contributed by atoms with E-state index in [0.717, 1.165) is 11.1 Å². The van der Waals surface area contributed by atoms with Crippen LogP contribution in [0.2, 0.25) is 0 Å². The number of halogens is 1. The van der Waals surface area contributed by atoms with E-state index in [9.17, 15) is 22.7 Å². The highest BCUT2D eigenvalue weighted by molar-refractivity contribution is 7.89. The van der Waals surface area contributed by atoms with Crippen molar-refractivity contribution in [3.8, 4) is 0 Å². The van der Waals surface area contributed by atoms with Crippen molar-refractivity contribution in [2.45, 2.75) is 36.8 Å². The summed E-state index contributed by atoms with van der Waals surface area (Å²) >= 11 is 0. The zero-order valence-corrected chi connectivity index (χ0v) is 18.2. The molecule has 4 rings (SSSR count). The lowest BCUT2D eigenvalue weighted by Gasteiger charge is -2.30. The van der Waals surface area contributed by atoms with Gasteiger partial charge in [-0.25, -0.2) is 17.5 Å². The largest absolute Gasteiger partial charge is 0.391 e. The molecule has 0 radical (unpaired) electrons. The second-order valence-corrected chi connectivity index (χ2v) is 9.63. The number of aliphatic hydroxyl groups is 1. The number of sulfonamides is 1. The van der Waals surface area contributed by atoms with Gasteiger partial charge in [0.25, 0.3) is 5.91 Å². The molecule has 0 saturated heterocycles. The van der Waals surface area contributed by atoms with Crippen molar-refractivity contribution >= 4 is 21.6 Å². The predicted molar refractivity (Wildman–Crippen MR) is 119 cm³/mol. The quantitative estimate of drug-likeness (QED) is 0.552. The van der Waals surface area contributed by atoms with Crippen molar-refractivity contribution in [1.82, 2.24) is 4.72 Å². The van der Waals surface area contributed by atoms with Crippen LogP contribution in [0.25, 0.3) is 0 Å². The highest BCUT2D eigenvalue weighted by Gasteiger charge is 2.31. The molecule has 0 bridgehead atoms. The van der Waals surface area contributed by atoms with Crippen LogP contribution in [0, 0.1) is 12.7 Å². The number of anilines is 1. The minimum absolute atomic E-state index is 0.0773. The summed E-state index contributed by atoms with van der Waals surface area (Å²) in [4.78, 5) is 12.5. The molecule has 166 valence electrons. The number of fused-ring (bicyclic) bond motifs is 1. The van der Waals surface area contributed by atoms with Crippen LogP contribution in [0.5, 0.6) is 0 Å². The molecule has 3 aromatic rings. The van der Waals surface area contributed by atoms with Crippen LogP contribution in [0.4, 0.5) is 10.1 Å². The topological polar surface area (TPSA) is 95.5 Å². The summed E-state index contributed by atoms with van der Waals surface area (Å²) in [5.41, 5.74) is 2.93. The SMILES string of the molecule is Cc1cc(NC(=O)c2cccc(S(=O)(=O)N[C@H]3Cc4ccccc4C[C@H]3O)c2)ccc1F. The van der Waals surface area contributed by atoms with Gasteiger partial charge in [-0.05, 0) is 66.4 Å². The van der Waals surface area contributed by atoms with Gasteiger partial charge < -0.3 is 10.4 Å². The Balaban J connectivity index is 1.51. The molecule has 32 heavy (non-hydrogen) atoms. The normalized spacial score (nSPS) is 18.1. The first kappa shape index (κ1) is 22.1. The lowest BCUT2D eigenvalue weighted by Crippen LogP contribution is -2.47. The fraction of sp³-hybridized carbons (Fsp3) is 0.208. The van der Waals surface area contributed by atoms with Gasteiger partial charge in [0.2, 0.25) is 10.0 Å². The Hall–Kier alpha value is -3.07. The number of aryl methyl sites for hydroxylation is 1. The first-order valence-electron chi connectivity index (χ1n) is 10.2. The van der Waals surface area contributed by atoms with Gasteiger partial charge in [-0.15, -0.1) is 0 Å². The number of amides is 1. The summed E-state index contributed by atoms with van der Waals surface area (Å²) < 4.78 is 42.0. The molecule has 1 aliphatic carbocycles. The Bertz CT molecular complexity index is 1280. The molecule has 1 aliphatic rings. The molecule has 0 unspecified atom stereocenters. The van der Waals surface area contributed by atoms with Crippen molar-refractivity contribution in [2.24, 2.45) is 0 Å². The van der Waals surface area contributed by atoms with Crippen molar-refractivity contribution in [3.05, 3.63) is 94.8 Å². The monoisotopic (exact) mass is 454 g/mol. The molecule has 0 aliphatic heterocycles. The second-order valence-electron chi connectivity index (χ2n) is 7.92. The predicted octanol–water partition coefficient (Wildman–Crippen LogP) is 3.19. The molecule has 2 atom stereocenters. The molecule has 0 aromatic heterocycles. The molecular weight excluding hydrogens is 431 g/mol. The van der Waals surface area contributed by atoms with E-state index in [2.05, 4.69) is 10.0 Å². The fourth-order valence-corrected chi connectivity index (χ4v) is 5.13. The van der Waals surface area contributed by atoms with Crippen LogP contribution < -0.4 is 10.0 Å². The van der Waals surface area contributed by atoms with Gasteiger partial charge in [-0.3, -0.25) is 4.79 Å². The van der Waals surface area contributed by atoms with Gasteiger partial charge in [-0.2, -0.15) is 0 Å². The Morgan fingerprint density at radius 1 is 1.00 bits per heavy atom. The van der Waals surface area contributed by atoms with Crippen molar-refractivity contribution < 1.29 is 22.7 Å². The number of benzene rings is 3. The summed E-state index contributed by atoms with van der Waals surface area (Å²) in [6, 6.07) is 16.8. The number of carbonyl (C=O) groups is 1. The maximum absolute atomic E-state index is 13.4. The van der Waals surface area contributed by atoms with Crippen LogP contribution in [-0.2, 0) is 22.9 Å². The molecule has 8 heteroatoms. The second kappa shape index (κ2) is 8.82. The minimum Gasteiger partial charge on any atom is -0.391 e. The number of aliphatic hydroxyl groups excluding tert-OH is 1. The first-order chi connectivity index (χ1) is 15.2.